The number of nitrogens with zero attached hydrogens (tertiary/aromatic N) is 1. The molecule has 14 heteroatoms. The number of rotatable bonds is 18. The zero-order chi connectivity index (χ0) is 32.4. The van der Waals surface area contributed by atoms with Crippen LogP contribution in [0.2, 0.25) is 0 Å². The lowest BCUT2D eigenvalue weighted by Crippen LogP contribution is -2.54. The van der Waals surface area contributed by atoms with E-state index in [9.17, 15) is 28.8 Å². The van der Waals surface area contributed by atoms with Crippen LogP contribution >= 0.6 is 0 Å². The average Bonchev–Trinajstić information content (AvgIpc) is 2.94. The van der Waals surface area contributed by atoms with Crippen LogP contribution in [0.15, 0.2) is 24.3 Å². The Morgan fingerprint density at radius 1 is 0.953 bits per heavy atom. The fraction of sp³-hybridized carbons (Fsp3) is 0.586. The fourth-order valence-electron chi connectivity index (χ4n) is 3.75. The molecule has 240 valence electrons. The SMILES string of the molecule is CCCCC(=O)N[C@H](C(=O)N[C@@H](CCCNC(N)=O)C(=O)Nc1ccc(COC(=O)N(C)CCOC(C)=O)cc1)C(C)C. The second kappa shape index (κ2) is 19.7. The number of esters is 1. The minimum absolute atomic E-state index is 0.0168. The largest absolute Gasteiger partial charge is 0.464 e. The lowest BCUT2D eigenvalue weighted by Gasteiger charge is -2.25. The first-order valence-electron chi connectivity index (χ1n) is 14.4. The van der Waals surface area contributed by atoms with E-state index in [0.717, 1.165) is 6.42 Å². The first-order valence-corrected chi connectivity index (χ1v) is 14.4. The van der Waals surface area contributed by atoms with E-state index in [0.29, 0.717) is 30.5 Å². The summed E-state index contributed by atoms with van der Waals surface area (Å²) in [5, 5.41) is 10.7. The number of amides is 6. The second-order valence-corrected chi connectivity index (χ2v) is 10.4. The van der Waals surface area contributed by atoms with Gasteiger partial charge in [-0.05, 0) is 42.9 Å². The summed E-state index contributed by atoms with van der Waals surface area (Å²) in [6.45, 7) is 7.29. The highest BCUT2D eigenvalue weighted by Gasteiger charge is 2.28. The first kappa shape index (κ1) is 36.7. The number of nitrogens with two attached hydrogens (primary N) is 1. The van der Waals surface area contributed by atoms with Crippen LogP contribution in [0.25, 0.3) is 0 Å². The van der Waals surface area contributed by atoms with Crippen LogP contribution in [0.5, 0.6) is 0 Å². The maximum absolute atomic E-state index is 13.2. The Morgan fingerprint density at radius 3 is 2.21 bits per heavy atom. The normalized spacial score (nSPS) is 12.0. The molecule has 14 nitrogen and oxygen atoms in total. The number of primary amides is 1. The smallest absolute Gasteiger partial charge is 0.409 e. The molecule has 0 saturated heterocycles. The zero-order valence-electron chi connectivity index (χ0n) is 25.7. The molecule has 1 aromatic carbocycles. The van der Waals surface area contributed by atoms with Gasteiger partial charge in [-0.15, -0.1) is 0 Å². The minimum atomic E-state index is -0.959. The van der Waals surface area contributed by atoms with Crippen molar-refractivity contribution in [3.05, 3.63) is 29.8 Å². The number of urea groups is 1. The highest BCUT2D eigenvalue weighted by molar-refractivity contribution is 5.98. The number of hydrogen-bond donors (Lipinski definition) is 5. The van der Waals surface area contributed by atoms with Gasteiger partial charge in [0.05, 0.1) is 6.54 Å². The van der Waals surface area contributed by atoms with Crippen LogP contribution in [-0.2, 0) is 35.3 Å². The topological polar surface area (TPSA) is 198 Å². The molecule has 0 heterocycles. The van der Waals surface area contributed by atoms with E-state index >= 15 is 0 Å². The molecule has 0 spiro atoms. The number of carbonyl (C=O) groups is 6. The number of likely N-dealkylation sites (N-methyl/N-ethyl adjacent to an activating group) is 1. The van der Waals surface area contributed by atoms with Crippen LogP contribution in [0, 0.1) is 5.92 Å². The summed E-state index contributed by atoms with van der Waals surface area (Å²) in [7, 11) is 1.52. The Kier molecular flexibility index (Phi) is 16.8. The van der Waals surface area contributed by atoms with E-state index < -0.39 is 42.0 Å². The Bertz CT molecular complexity index is 1080. The lowest BCUT2D eigenvalue weighted by molar-refractivity contribution is -0.141. The third kappa shape index (κ3) is 15.4. The van der Waals surface area contributed by atoms with Gasteiger partial charge < -0.3 is 41.4 Å². The van der Waals surface area contributed by atoms with Crippen molar-refractivity contribution >= 4 is 41.5 Å². The van der Waals surface area contributed by atoms with Gasteiger partial charge in [-0.3, -0.25) is 19.2 Å². The summed E-state index contributed by atoms with van der Waals surface area (Å²) in [4.78, 5) is 73.9. The van der Waals surface area contributed by atoms with Crippen LogP contribution in [-0.4, -0.2) is 79.5 Å². The summed E-state index contributed by atoms with van der Waals surface area (Å²) >= 11 is 0. The summed E-state index contributed by atoms with van der Waals surface area (Å²) < 4.78 is 10.1. The van der Waals surface area contributed by atoms with Gasteiger partial charge in [0, 0.05) is 32.6 Å². The first-order chi connectivity index (χ1) is 20.3. The molecule has 43 heavy (non-hydrogen) atoms. The quantitative estimate of drug-likeness (QED) is 0.123. The molecule has 0 radical (unpaired) electrons. The molecule has 0 aliphatic heterocycles. The van der Waals surface area contributed by atoms with Crippen molar-refractivity contribution in [2.45, 2.75) is 78.5 Å². The van der Waals surface area contributed by atoms with E-state index in [4.69, 9.17) is 15.2 Å². The predicted octanol–water partition coefficient (Wildman–Crippen LogP) is 2.02. The van der Waals surface area contributed by atoms with Gasteiger partial charge in [0.25, 0.3) is 0 Å². The van der Waals surface area contributed by atoms with Crippen LogP contribution in [0.4, 0.5) is 15.3 Å². The van der Waals surface area contributed by atoms with Gasteiger partial charge in [0.1, 0.15) is 25.3 Å². The van der Waals surface area contributed by atoms with Gasteiger partial charge in [0.2, 0.25) is 17.7 Å². The summed E-state index contributed by atoms with van der Waals surface area (Å²) in [6.07, 6.45) is 1.82. The molecule has 2 atom stereocenters. The maximum Gasteiger partial charge on any atom is 0.409 e. The van der Waals surface area contributed by atoms with E-state index in [-0.39, 0.29) is 44.5 Å². The molecule has 0 aliphatic rings. The molecule has 6 N–H and O–H groups in total. The maximum atomic E-state index is 13.2. The number of unbranched alkanes of at least 4 members (excludes halogenated alkanes) is 1. The molecular formula is C29H46N6O8. The predicted molar refractivity (Wildman–Crippen MR) is 160 cm³/mol. The van der Waals surface area contributed by atoms with Crippen LogP contribution < -0.4 is 27.0 Å². The van der Waals surface area contributed by atoms with Crippen LogP contribution in [0.3, 0.4) is 0 Å². The molecule has 6 amide bonds. The average molecular weight is 607 g/mol. The zero-order valence-corrected chi connectivity index (χ0v) is 25.7. The summed E-state index contributed by atoms with van der Waals surface area (Å²) in [5.41, 5.74) is 6.23. The lowest BCUT2D eigenvalue weighted by atomic mass is 10.0. The number of nitrogens with one attached hydrogen (secondary N) is 4. The number of ether oxygens (including phenoxy) is 2. The third-order valence-electron chi connectivity index (χ3n) is 6.25. The number of benzene rings is 1. The molecule has 1 rings (SSSR count). The van der Waals surface area contributed by atoms with Crippen molar-refractivity contribution < 1.29 is 38.2 Å². The molecular weight excluding hydrogens is 560 g/mol. The third-order valence-corrected chi connectivity index (χ3v) is 6.25. The monoisotopic (exact) mass is 606 g/mol. The molecule has 0 unspecified atom stereocenters. The molecule has 0 saturated carbocycles. The standard InChI is InChI=1S/C29H46N6O8/c1-6-7-10-24(37)34-25(19(2)3)27(39)33-23(9-8-15-31-28(30)40)26(38)32-22-13-11-21(12-14-22)18-43-29(41)35(5)16-17-42-20(4)36/h11-14,19,23,25H,6-10,15-18H2,1-5H3,(H,32,38)(H,33,39)(H,34,37)(H3,30,31,40)/t23-,25-/m0/s1. The van der Waals surface area contributed by atoms with Crippen molar-refractivity contribution in [3.8, 4) is 0 Å². The van der Waals surface area contributed by atoms with Crippen molar-refractivity contribution in [3.63, 3.8) is 0 Å². The molecule has 1 aromatic rings. The molecule has 0 aromatic heterocycles. The Balaban J connectivity index is 2.82. The van der Waals surface area contributed by atoms with Gasteiger partial charge in [-0.1, -0.05) is 39.3 Å². The van der Waals surface area contributed by atoms with E-state index in [1.54, 1.807) is 38.1 Å². The Morgan fingerprint density at radius 2 is 1.63 bits per heavy atom. The minimum Gasteiger partial charge on any atom is -0.464 e. The van der Waals surface area contributed by atoms with Gasteiger partial charge >= 0.3 is 18.1 Å². The molecule has 0 fully saturated rings. The van der Waals surface area contributed by atoms with E-state index in [1.165, 1.54) is 18.9 Å². The Labute approximate surface area is 252 Å². The fourth-order valence-corrected chi connectivity index (χ4v) is 3.75. The highest BCUT2D eigenvalue weighted by Crippen LogP contribution is 2.13. The summed E-state index contributed by atoms with van der Waals surface area (Å²) in [6, 6.07) is 4.12. The molecule has 0 aliphatic carbocycles. The second-order valence-electron chi connectivity index (χ2n) is 10.4. The van der Waals surface area contributed by atoms with Gasteiger partial charge in [0.15, 0.2) is 0 Å². The van der Waals surface area contributed by atoms with Crippen molar-refractivity contribution in [1.82, 2.24) is 20.9 Å². The summed E-state index contributed by atoms with van der Waals surface area (Å²) in [5.74, 6) is -1.87. The van der Waals surface area contributed by atoms with Crippen molar-refractivity contribution in [2.24, 2.45) is 11.7 Å². The number of carbonyl (C=O) groups excluding carboxylic acids is 6. The van der Waals surface area contributed by atoms with E-state index in [2.05, 4.69) is 21.3 Å². The number of anilines is 1. The molecule has 0 bridgehead atoms. The van der Waals surface area contributed by atoms with Crippen LogP contribution in [0.1, 0.15) is 65.4 Å². The highest BCUT2D eigenvalue weighted by atomic mass is 16.6. The van der Waals surface area contributed by atoms with Crippen molar-refractivity contribution in [2.75, 3.05) is 32.1 Å². The van der Waals surface area contributed by atoms with Crippen molar-refractivity contribution in [1.29, 1.82) is 0 Å². The Hall–Kier alpha value is -4.36. The van der Waals surface area contributed by atoms with Gasteiger partial charge in [-0.25, -0.2) is 9.59 Å². The van der Waals surface area contributed by atoms with E-state index in [1.807, 2.05) is 6.92 Å². The van der Waals surface area contributed by atoms with Gasteiger partial charge in [-0.2, -0.15) is 0 Å². The number of hydrogen-bond acceptors (Lipinski definition) is 8.